The first-order chi connectivity index (χ1) is 13.7. The van der Waals surface area contributed by atoms with Gasteiger partial charge in [0.25, 0.3) is 0 Å². The number of sulfonamides is 1. The van der Waals surface area contributed by atoms with Crippen molar-refractivity contribution >= 4 is 27.3 Å². The molecule has 0 atom stereocenters. The lowest BCUT2D eigenvalue weighted by molar-refractivity contribution is -0.114. The SMILES string of the molecule is CCN(CC)S(=O)(=O)c1ccc(C)c(NCC(=O)Nc2cc(C)ccc2OC)c1. The van der Waals surface area contributed by atoms with Crippen LogP contribution in [0.15, 0.2) is 41.3 Å². The van der Waals surface area contributed by atoms with Crippen LogP contribution in [0.3, 0.4) is 0 Å². The highest BCUT2D eigenvalue weighted by Gasteiger charge is 2.22. The van der Waals surface area contributed by atoms with Crippen LogP contribution in [0.2, 0.25) is 0 Å². The Hall–Kier alpha value is -2.58. The third-order valence-electron chi connectivity index (χ3n) is 4.62. The Labute approximate surface area is 173 Å². The molecule has 0 aliphatic heterocycles. The molecule has 2 aromatic carbocycles. The second-order valence-corrected chi connectivity index (χ2v) is 8.61. The molecule has 0 bridgehead atoms. The number of rotatable bonds is 9. The first-order valence-electron chi connectivity index (χ1n) is 9.52. The molecule has 0 aliphatic carbocycles. The number of anilines is 2. The van der Waals surface area contributed by atoms with Gasteiger partial charge in [-0.15, -0.1) is 0 Å². The van der Waals surface area contributed by atoms with Crippen LogP contribution < -0.4 is 15.4 Å². The Morgan fingerprint density at radius 1 is 1.03 bits per heavy atom. The summed E-state index contributed by atoms with van der Waals surface area (Å²) in [5.74, 6) is 0.317. The molecule has 158 valence electrons. The van der Waals surface area contributed by atoms with Crippen molar-refractivity contribution in [2.24, 2.45) is 0 Å². The Morgan fingerprint density at radius 2 is 1.72 bits per heavy atom. The summed E-state index contributed by atoms with van der Waals surface area (Å²) in [6, 6.07) is 10.4. The van der Waals surface area contributed by atoms with E-state index in [-0.39, 0.29) is 17.3 Å². The van der Waals surface area contributed by atoms with E-state index >= 15 is 0 Å². The molecular weight excluding hydrogens is 390 g/mol. The quantitative estimate of drug-likeness (QED) is 0.650. The second kappa shape index (κ2) is 9.76. The fourth-order valence-corrected chi connectivity index (χ4v) is 4.44. The summed E-state index contributed by atoms with van der Waals surface area (Å²) >= 11 is 0. The first-order valence-corrected chi connectivity index (χ1v) is 11.0. The topological polar surface area (TPSA) is 87.7 Å². The average molecular weight is 420 g/mol. The number of hydrogen-bond acceptors (Lipinski definition) is 5. The van der Waals surface area contributed by atoms with Crippen molar-refractivity contribution in [3.05, 3.63) is 47.5 Å². The second-order valence-electron chi connectivity index (χ2n) is 6.67. The van der Waals surface area contributed by atoms with Crippen molar-refractivity contribution < 1.29 is 17.9 Å². The molecular formula is C21H29N3O4S. The van der Waals surface area contributed by atoms with Crippen molar-refractivity contribution in [3.8, 4) is 5.75 Å². The van der Waals surface area contributed by atoms with Gasteiger partial charge < -0.3 is 15.4 Å². The van der Waals surface area contributed by atoms with Gasteiger partial charge in [0, 0.05) is 18.8 Å². The highest BCUT2D eigenvalue weighted by Crippen LogP contribution is 2.26. The minimum Gasteiger partial charge on any atom is -0.495 e. The van der Waals surface area contributed by atoms with Crippen LogP contribution in [0.25, 0.3) is 0 Å². The van der Waals surface area contributed by atoms with Crippen molar-refractivity contribution in [2.75, 3.05) is 37.4 Å². The van der Waals surface area contributed by atoms with Gasteiger partial charge in [0.2, 0.25) is 15.9 Å². The predicted molar refractivity (Wildman–Crippen MR) is 116 cm³/mol. The molecule has 2 aromatic rings. The molecule has 7 nitrogen and oxygen atoms in total. The summed E-state index contributed by atoms with van der Waals surface area (Å²) in [6.45, 7) is 8.19. The molecule has 0 saturated heterocycles. The van der Waals surface area contributed by atoms with Crippen LogP contribution in [0.1, 0.15) is 25.0 Å². The molecule has 0 saturated carbocycles. The van der Waals surface area contributed by atoms with E-state index in [4.69, 9.17) is 4.74 Å². The standard InChI is InChI=1S/C21H29N3O4S/c1-6-24(7-2)29(26,27)17-10-9-16(4)18(13-17)22-14-21(25)23-19-12-15(3)8-11-20(19)28-5/h8-13,22H,6-7,14H2,1-5H3,(H,23,25). The summed E-state index contributed by atoms with van der Waals surface area (Å²) in [6.07, 6.45) is 0. The number of nitrogens with one attached hydrogen (secondary N) is 2. The summed E-state index contributed by atoms with van der Waals surface area (Å²) in [5.41, 5.74) is 3.04. The summed E-state index contributed by atoms with van der Waals surface area (Å²) in [5, 5.41) is 5.86. The number of aryl methyl sites for hydroxylation is 2. The number of carbonyl (C=O) groups excluding carboxylic acids is 1. The van der Waals surface area contributed by atoms with E-state index in [1.807, 2.05) is 26.0 Å². The summed E-state index contributed by atoms with van der Waals surface area (Å²) < 4.78 is 32.2. The predicted octanol–water partition coefficient (Wildman–Crippen LogP) is 3.39. The molecule has 0 spiro atoms. The highest BCUT2D eigenvalue weighted by molar-refractivity contribution is 7.89. The number of ether oxygens (including phenoxy) is 1. The third kappa shape index (κ3) is 5.48. The largest absolute Gasteiger partial charge is 0.495 e. The van der Waals surface area contributed by atoms with Crippen molar-refractivity contribution in [1.29, 1.82) is 0 Å². The fraction of sp³-hybridized carbons (Fsp3) is 0.381. The average Bonchev–Trinajstić information content (AvgIpc) is 2.68. The number of methoxy groups -OCH3 is 1. The summed E-state index contributed by atoms with van der Waals surface area (Å²) in [4.78, 5) is 12.6. The molecule has 2 rings (SSSR count). The summed E-state index contributed by atoms with van der Waals surface area (Å²) in [7, 11) is -2.02. The van der Waals surface area contributed by atoms with E-state index in [0.717, 1.165) is 11.1 Å². The van der Waals surface area contributed by atoms with E-state index < -0.39 is 10.0 Å². The van der Waals surface area contributed by atoms with Crippen molar-refractivity contribution in [1.82, 2.24) is 4.31 Å². The van der Waals surface area contributed by atoms with Crippen molar-refractivity contribution in [2.45, 2.75) is 32.6 Å². The van der Waals surface area contributed by atoms with E-state index in [2.05, 4.69) is 10.6 Å². The molecule has 2 N–H and O–H groups in total. The number of carbonyl (C=O) groups is 1. The van der Waals surface area contributed by atoms with Crippen LogP contribution >= 0.6 is 0 Å². The van der Waals surface area contributed by atoms with Crippen LogP contribution in [-0.4, -0.2) is 45.4 Å². The maximum atomic E-state index is 12.7. The van der Waals surface area contributed by atoms with Gasteiger partial charge in [-0.05, 0) is 49.2 Å². The zero-order valence-electron chi connectivity index (χ0n) is 17.6. The molecule has 0 aromatic heterocycles. The van der Waals surface area contributed by atoms with Gasteiger partial charge in [-0.3, -0.25) is 4.79 Å². The smallest absolute Gasteiger partial charge is 0.243 e. The monoisotopic (exact) mass is 419 g/mol. The van der Waals surface area contributed by atoms with Crippen LogP contribution in [0.5, 0.6) is 5.75 Å². The molecule has 0 heterocycles. The van der Waals surface area contributed by atoms with Gasteiger partial charge in [-0.25, -0.2) is 8.42 Å². The highest BCUT2D eigenvalue weighted by atomic mass is 32.2. The Balaban J connectivity index is 2.15. The molecule has 0 radical (unpaired) electrons. The number of benzene rings is 2. The zero-order chi connectivity index (χ0) is 21.6. The van der Waals surface area contributed by atoms with Crippen molar-refractivity contribution in [3.63, 3.8) is 0 Å². The van der Waals surface area contributed by atoms with E-state index in [9.17, 15) is 13.2 Å². The lowest BCUT2D eigenvalue weighted by Crippen LogP contribution is -2.30. The molecule has 0 unspecified atom stereocenters. The van der Waals surface area contributed by atoms with E-state index in [1.54, 1.807) is 45.2 Å². The van der Waals surface area contributed by atoms with Gasteiger partial charge in [0.05, 0.1) is 24.2 Å². The fourth-order valence-electron chi connectivity index (χ4n) is 2.95. The maximum absolute atomic E-state index is 12.7. The lowest BCUT2D eigenvalue weighted by Gasteiger charge is -2.19. The number of amides is 1. The van der Waals surface area contributed by atoms with Gasteiger partial charge in [-0.1, -0.05) is 26.0 Å². The first kappa shape index (κ1) is 22.7. The number of hydrogen-bond donors (Lipinski definition) is 2. The van der Waals surface area contributed by atoms with Crippen LogP contribution in [0, 0.1) is 13.8 Å². The molecule has 0 fully saturated rings. The maximum Gasteiger partial charge on any atom is 0.243 e. The molecule has 8 heteroatoms. The Morgan fingerprint density at radius 3 is 2.34 bits per heavy atom. The van der Waals surface area contributed by atoms with E-state index in [0.29, 0.717) is 30.2 Å². The minimum atomic E-state index is -3.57. The zero-order valence-corrected chi connectivity index (χ0v) is 18.4. The van der Waals surface area contributed by atoms with Gasteiger partial charge in [0.15, 0.2) is 0 Å². The van der Waals surface area contributed by atoms with Crippen LogP contribution in [0.4, 0.5) is 11.4 Å². The van der Waals surface area contributed by atoms with E-state index in [1.165, 1.54) is 4.31 Å². The number of nitrogens with zero attached hydrogens (tertiary/aromatic N) is 1. The van der Waals surface area contributed by atoms with Gasteiger partial charge >= 0.3 is 0 Å². The van der Waals surface area contributed by atoms with Gasteiger partial charge in [0.1, 0.15) is 5.75 Å². The third-order valence-corrected chi connectivity index (χ3v) is 6.67. The Kier molecular flexibility index (Phi) is 7.64. The van der Waals surface area contributed by atoms with Gasteiger partial charge in [-0.2, -0.15) is 4.31 Å². The Bertz CT molecular complexity index is 970. The molecule has 29 heavy (non-hydrogen) atoms. The van der Waals surface area contributed by atoms with Crippen LogP contribution in [-0.2, 0) is 14.8 Å². The molecule has 0 aliphatic rings. The normalized spacial score (nSPS) is 11.4. The minimum absolute atomic E-state index is 0.00724. The lowest BCUT2D eigenvalue weighted by atomic mass is 10.2. The molecule has 1 amide bonds.